The molecule has 22 heavy (non-hydrogen) atoms. The summed E-state index contributed by atoms with van der Waals surface area (Å²) in [5, 5.41) is 23.1. The molecule has 1 aromatic rings. The zero-order chi connectivity index (χ0) is 16.8. The Hall–Kier alpha value is -2.15. The van der Waals surface area contributed by atoms with Gasteiger partial charge in [-0.1, -0.05) is 30.3 Å². The van der Waals surface area contributed by atoms with Crippen LogP contribution in [0, 0.1) is 10.1 Å². The number of nitrogens with zero attached hydrogens (tertiary/aromatic N) is 1. The summed E-state index contributed by atoms with van der Waals surface area (Å²) in [6.07, 6.45) is -1.74. The van der Waals surface area contributed by atoms with Crippen LogP contribution in [0.4, 0.5) is 4.79 Å². The Morgan fingerprint density at radius 2 is 1.95 bits per heavy atom. The molecule has 0 bridgehead atoms. The van der Waals surface area contributed by atoms with Crippen LogP contribution >= 0.6 is 0 Å². The number of aliphatic hydroxyl groups is 1. The average Bonchev–Trinajstić information content (AvgIpc) is 2.36. The minimum Gasteiger partial charge on any atom is -0.444 e. The molecular formula is C15H22N2O5. The largest absolute Gasteiger partial charge is 0.444 e. The molecule has 2 atom stereocenters. The van der Waals surface area contributed by atoms with Crippen molar-refractivity contribution in [1.29, 1.82) is 0 Å². The third kappa shape index (κ3) is 7.03. The lowest BCUT2D eigenvalue weighted by Gasteiger charge is -2.25. The number of aliphatic hydroxyl groups excluding tert-OH is 1. The summed E-state index contributed by atoms with van der Waals surface area (Å²) in [7, 11) is 0. The fourth-order valence-electron chi connectivity index (χ4n) is 1.89. The van der Waals surface area contributed by atoms with Crippen LogP contribution in [0.25, 0.3) is 0 Å². The lowest BCUT2D eigenvalue weighted by atomic mass is 10.0. The molecule has 0 aliphatic carbocycles. The van der Waals surface area contributed by atoms with Crippen molar-refractivity contribution < 1.29 is 19.6 Å². The summed E-state index contributed by atoms with van der Waals surface area (Å²) >= 11 is 0. The Morgan fingerprint density at radius 3 is 2.45 bits per heavy atom. The van der Waals surface area contributed by atoms with E-state index in [2.05, 4.69) is 5.32 Å². The second-order valence-corrected chi connectivity index (χ2v) is 6.03. The summed E-state index contributed by atoms with van der Waals surface area (Å²) < 4.78 is 5.13. The highest BCUT2D eigenvalue weighted by molar-refractivity contribution is 5.68. The van der Waals surface area contributed by atoms with E-state index in [0.717, 1.165) is 5.56 Å². The smallest absolute Gasteiger partial charge is 0.407 e. The van der Waals surface area contributed by atoms with Gasteiger partial charge in [-0.25, -0.2) is 4.79 Å². The Kier molecular flexibility index (Phi) is 6.30. The van der Waals surface area contributed by atoms with Crippen molar-refractivity contribution in [3.63, 3.8) is 0 Å². The molecule has 0 aliphatic heterocycles. The van der Waals surface area contributed by atoms with E-state index in [9.17, 15) is 20.0 Å². The third-order valence-corrected chi connectivity index (χ3v) is 2.80. The van der Waals surface area contributed by atoms with Crippen LogP contribution in [0.3, 0.4) is 0 Å². The van der Waals surface area contributed by atoms with Crippen molar-refractivity contribution in [2.24, 2.45) is 0 Å². The van der Waals surface area contributed by atoms with E-state index < -0.39 is 35.3 Å². The second-order valence-electron chi connectivity index (χ2n) is 6.03. The van der Waals surface area contributed by atoms with Crippen LogP contribution in [0.2, 0.25) is 0 Å². The Balaban J connectivity index is 2.77. The highest BCUT2D eigenvalue weighted by Crippen LogP contribution is 2.10. The summed E-state index contributed by atoms with van der Waals surface area (Å²) in [6.45, 7) is 4.50. The van der Waals surface area contributed by atoms with Crippen molar-refractivity contribution in [3.8, 4) is 0 Å². The predicted molar refractivity (Wildman–Crippen MR) is 81.2 cm³/mol. The fraction of sp³-hybridized carbons (Fsp3) is 0.533. The second kappa shape index (κ2) is 7.74. The summed E-state index contributed by atoms with van der Waals surface area (Å²) in [5.41, 5.74) is 0.168. The number of hydrogen-bond donors (Lipinski definition) is 2. The number of rotatable bonds is 6. The standard InChI is InChI=1S/C15H22N2O5/c1-15(2,3)22-14(19)16-12(13(18)10-17(20)21)9-11-7-5-4-6-8-11/h4-8,12-13,18H,9-10H2,1-3H3,(H,16,19)/t12-,13+/m1/s1. The Bertz CT molecular complexity index is 498. The van der Waals surface area contributed by atoms with Crippen molar-refractivity contribution >= 4 is 6.09 Å². The van der Waals surface area contributed by atoms with E-state index in [-0.39, 0.29) is 6.42 Å². The molecule has 1 rings (SSSR count). The molecule has 0 aliphatic rings. The van der Waals surface area contributed by atoms with E-state index >= 15 is 0 Å². The van der Waals surface area contributed by atoms with Gasteiger partial charge < -0.3 is 15.2 Å². The predicted octanol–water partition coefficient (Wildman–Crippen LogP) is 1.76. The number of benzene rings is 1. The maximum Gasteiger partial charge on any atom is 0.407 e. The molecule has 0 heterocycles. The van der Waals surface area contributed by atoms with Crippen LogP contribution in [0.5, 0.6) is 0 Å². The quantitative estimate of drug-likeness (QED) is 0.616. The first-order chi connectivity index (χ1) is 10.2. The lowest BCUT2D eigenvalue weighted by Crippen LogP contribution is -2.49. The van der Waals surface area contributed by atoms with Gasteiger partial charge in [0.2, 0.25) is 6.54 Å². The normalized spacial score (nSPS) is 14.0. The van der Waals surface area contributed by atoms with Crippen LogP contribution in [0.1, 0.15) is 26.3 Å². The van der Waals surface area contributed by atoms with Gasteiger partial charge >= 0.3 is 6.09 Å². The van der Waals surface area contributed by atoms with Crippen LogP contribution in [-0.2, 0) is 11.2 Å². The highest BCUT2D eigenvalue weighted by Gasteiger charge is 2.27. The van der Waals surface area contributed by atoms with Gasteiger partial charge in [0.1, 0.15) is 11.7 Å². The average molecular weight is 310 g/mol. The zero-order valence-corrected chi connectivity index (χ0v) is 13.0. The van der Waals surface area contributed by atoms with Crippen LogP contribution in [-0.4, -0.2) is 40.4 Å². The molecule has 1 aromatic carbocycles. The molecule has 0 saturated heterocycles. The number of ether oxygens (including phenoxy) is 1. The van der Waals surface area contributed by atoms with Gasteiger partial charge in [0.25, 0.3) is 0 Å². The molecule has 0 fully saturated rings. The van der Waals surface area contributed by atoms with Gasteiger partial charge in [0.05, 0.1) is 6.04 Å². The molecular weight excluding hydrogens is 288 g/mol. The zero-order valence-electron chi connectivity index (χ0n) is 13.0. The fourth-order valence-corrected chi connectivity index (χ4v) is 1.89. The van der Waals surface area contributed by atoms with E-state index in [1.165, 1.54) is 0 Å². The third-order valence-electron chi connectivity index (χ3n) is 2.80. The maximum absolute atomic E-state index is 11.8. The lowest BCUT2D eigenvalue weighted by molar-refractivity contribution is -0.491. The summed E-state index contributed by atoms with van der Waals surface area (Å²) in [6, 6.07) is 8.32. The van der Waals surface area contributed by atoms with Gasteiger partial charge in [-0.05, 0) is 32.8 Å². The number of nitrogens with one attached hydrogen (secondary N) is 1. The molecule has 0 radical (unpaired) electrons. The molecule has 0 spiro atoms. The number of alkyl carbamates (subject to hydrolysis) is 1. The molecule has 0 saturated carbocycles. The number of carbonyl (C=O) groups excluding carboxylic acids is 1. The molecule has 122 valence electrons. The molecule has 0 aromatic heterocycles. The SMILES string of the molecule is CC(C)(C)OC(=O)N[C@H](Cc1ccccc1)[C@@H](O)C[N+](=O)[O-]. The first-order valence-electron chi connectivity index (χ1n) is 7.00. The van der Waals surface area contributed by atoms with Crippen molar-refractivity contribution in [1.82, 2.24) is 5.32 Å². The van der Waals surface area contributed by atoms with Crippen molar-refractivity contribution in [3.05, 3.63) is 46.0 Å². The van der Waals surface area contributed by atoms with Crippen molar-refractivity contribution in [2.75, 3.05) is 6.54 Å². The number of amides is 1. The molecule has 2 N–H and O–H groups in total. The summed E-state index contributed by atoms with van der Waals surface area (Å²) in [5.74, 6) is 0. The maximum atomic E-state index is 11.8. The van der Waals surface area contributed by atoms with Gasteiger partial charge in [0.15, 0.2) is 0 Å². The van der Waals surface area contributed by atoms with Gasteiger partial charge in [-0.3, -0.25) is 10.1 Å². The number of nitro groups is 1. The van der Waals surface area contributed by atoms with Gasteiger partial charge in [0, 0.05) is 4.92 Å². The van der Waals surface area contributed by atoms with E-state index in [4.69, 9.17) is 4.74 Å². The Morgan fingerprint density at radius 1 is 1.36 bits per heavy atom. The number of hydrogen-bond acceptors (Lipinski definition) is 5. The van der Waals surface area contributed by atoms with E-state index in [1.807, 2.05) is 30.3 Å². The highest BCUT2D eigenvalue weighted by atomic mass is 16.6. The van der Waals surface area contributed by atoms with E-state index in [0.29, 0.717) is 0 Å². The van der Waals surface area contributed by atoms with Gasteiger partial charge in [-0.15, -0.1) is 0 Å². The molecule has 7 heteroatoms. The van der Waals surface area contributed by atoms with Crippen LogP contribution in [0.15, 0.2) is 30.3 Å². The molecule has 7 nitrogen and oxygen atoms in total. The number of carbonyl (C=O) groups is 1. The topological polar surface area (TPSA) is 102 Å². The van der Waals surface area contributed by atoms with Crippen molar-refractivity contribution in [2.45, 2.75) is 44.9 Å². The van der Waals surface area contributed by atoms with E-state index in [1.54, 1.807) is 20.8 Å². The Labute approximate surface area is 129 Å². The minimum absolute atomic E-state index is 0.273. The van der Waals surface area contributed by atoms with Crippen LogP contribution < -0.4 is 5.32 Å². The minimum atomic E-state index is -1.30. The summed E-state index contributed by atoms with van der Waals surface area (Å²) in [4.78, 5) is 21.8. The molecule has 0 unspecified atom stereocenters. The monoisotopic (exact) mass is 310 g/mol. The first kappa shape index (κ1) is 17.9. The molecule has 1 amide bonds. The van der Waals surface area contributed by atoms with Gasteiger partial charge in [-0.2, -0.15) is 0 Å². The first-order valence-corrected chi connectivity index (χ1v) is 7.00.